The summed E-state index contributed by atoms with van der Waals surface area (Å²) in [6.45, 7) is 3.89. The third-order valence-electron chi connectivity index (χ3n) is 3.05. The molecule has 4 nitrogen and oxygen atoms in total. The molecule has 0 aliphatic rings. The first kappa shape index (κ1) is 16.8. The van der Waals surface area contributed by atoms with Crippen LogP contribution in [0.15, 0.2) is 23.7 Å². The fourth-order valence-corrected chi connectivity index (χ4v) is 3.89. The molecule has 0 aliphatic carbocycles. The van der Waals surface area contributed by atoms with Crippen molar-refractivity contribution in [3.63, 3.8) is 0 Å². The van der Waals surface area contributed by atoms with Crippen LogP contribution in [0.4, 0.5) is 13.2 Å². The summed E-state index contributed by atoms with van der Waals surface area (Å²) in [5, 5.41) is 3.78. The van der Waals surface area contributed by atoms with Crippen molar-refractivity contribution in [2.24, 2.45) is 0 Å². The van der Waals surface area contributed by atoms with Crippen LogP contribution >= 0.6 is 22.7 Å². The molecule has 0 saturated heterocycles. The molecule has 0 bridgehead atoms. The third-order valence-corrected chi connectivity index (χ3v) is 5.00. The SMILES string of the molecule is Cc1nc(C)c(-c2csc(Cc3ccc(OC(F)(F)F)cn3)n2)s1. The van der Waals surface area contributed by atoms with Crippen molar-refractivity contribution < 1.29 is 17.9 Å². The van der Waals surface area contributed by atoms with Crippen LogP contribution in [0.2, 0.25) is 0 Å². The van der Waals surface area contributed by atoms with Gasteiger partial charge in [-0.05, 0) is 26.0 Å². The second-order valence-electron chi connectivity index (χ2n) is 4.98. The number of pyridine rings is 1. The maximum atomic E-state index is 12.1. The van der Waals surface area contributed by atoms with Gasteiger partial charge < -0.3 is 4.74 Å². The summed E-state index contributed by atoms with van der Waals surface area (Å²) in [6, 6.07) is 2.76. The first-order chi connectivity index (χ1) is 11.3. The van der Waals surface area contributed by atoms with Crippen LogP contribution in [-0.2, 0) is 6.42 Å². The van der Waals surface area contributed by atoms with E-state index in [1.165, 1.54) is 23.5 Å². The highest BCUT2D eigenvalue weighted by atomic mass is 32.1. The number of aryl methyl sites for hydroxylation is 2. The van der Waals surface area contributed by atoms with E-state index < -0.39 is 6.36 Å². The van der Waals surface area contributed by atoms with E-state index in [1.807, 2.05) is 19.2 Å². The minimum Gasteiger partial charge on any atom is -0.404 e. The van der Waals surface area contributed by atoms with Crippen molar-refractivity contribution in [1.82, 2.24) is 15.0 Å². The maximum Gasteiger partial charge on any atom is 0.573 e. The van der Waals surface area contributed by atoms with Gasteiger partial charge in [0, 0.05) is 17.5 Å². The lowest BCUT2D eigenvalue weighted by Crippen LogP contribution is -2.17. The zero-order valence-electron chi connectivity index (χ0n) is 12.7. The van der Waals surface area contributed by atoms with Gasteiger partial charge in [-0.15, -0.1) is 35.8 Å². The van der Waals surface area contributed by atoms with Crippen molar-refractivity contribution in [3.05, 3.63) is 45.1 Å². The maximum absolute atomic E-state index is 12.1. The molecule has 0 aliphatic heterocycles. The topological polar surface area (TPSA) is 47.9 Å². The van der Waals surface area contributed by atoms with E-state index in [0.717, 1.165) is 32.5 Å². The first-order valence-corrected chi connectivity index (χ1v) is 8.59. The highest BCUT2D eigenvalue weighted by molar-refractivity contribution is 7.15. The van der Waals surface area contributed by atoms with Gasteiger partial charge in [0.1, 0.15) is 5.75 Å². The number of hydrogen-bond donors (Lipinski definition) is 0. The monoisotopic (exact) mass is 371 g/mol. The summed E-state index contributed by atoms with van der Waals surface area (Å²) in [4.78, 5) is 14.0. The molecule has 24 heavy (non-hydrogen) atoms. The Morgan fingerprint density at radius 1 is 1.17 bits per heavy atom. The lowest BCUT2D eigenvalue weighted by atomic mass is 10.3. The molecule has 0 spiro atoms. The van der Waals surface area contributed by atoms with Crippen LogP contribution in [0.3, 0.4) is 0 Å². The Morgan fingerprint density at radius 3 is 2.54 bits per heavy atom. The van der Waals surface area contributed by atoms with Crippen LogP contribution < -0.4 is 4.74 Å². The molecule has 3 aromatic rings. The Labute approximate surface area is 144 Å². The zero-order chi connectivity index (χ0) is 17.3. The van der Waals surface area contributed by atoms with Gasteiger partial charge in [0.05, 0.1) is 32.5 Å². The standard InChI is InChI=1S/C15H12F3N3OS2/c1-8-14(24-9(2)20-8)12-7-23-13(21-12)5-10-3-4-11(6-19-10)22-15(16,17)18/h3-4,6-7H,5H2,1-2H3. The van der Waals surface area contributed by atoms with Gasteiger partial charge in [0.25, 0.3) is 0 Å². The Balaban J connectivity index is 1.72. The molecule has 3 heterocycles. The Hall–Kier alpha value is -2.00. The quantitative estimate of drug-likeness (QED) is 0.663. The first-order valence-electron chi connectivity index (χ1n) is 6.89. The van der Waals surface area contributed by atoms with Gasteiger partial charge >= 0.3 is 6.36 Å². The summed E-state index contributed by atoms with van der Waals surface area (Å²) in [5.41, 5.74) is 2.44. The van der Waals surface area contributed by atoms with Crippen molar-refractivity contribution in [2.75, 3.05) is 0 Å². The van der Waals surface area contributed by atoms with Crippen molar-refractivity contribution in [2.45, 2.75) is 26.6 Å². The molecule has 0 unspecified atom stereocenters. The Kier molecular flexibility index (Phi) is 4.55. The molecule has 0 atom stereocenters. The highest BCUT2D eigenvalue weighted by Crippen LogP contribution is 2.31. The molecule has 0 radical (unpaired) electrons. The largest absolute Gasteiger partial charge is 0.573 e. The summed E-state index contributed by atoms with van der Waals surface area (Å²) >= 11 is 3.08. The van der Waals surface area contributed by atoms with Crippen molar-refractivity contribution >= 4 is 22.7 Å². The normalized spacial score (nSPS) is 11.7. The van der Waals surface area contributed by atoms with Crippen LogP contribution in [0.5, 0.6) is 5.75 Å². The molecule has 3 aromatic heterocycles. The molecule has 0 N–H and O–H groups in total. The lowest BCUT2D eigenvalue weighted by molar-refractivity contribution is -0.274. The van der Waals surface area contributed by atoms with Gasteiger partial charge in [-0.1, -0.05) is 0 Å². The van der Waals surface area contributed by atoms with Gasteiger partial charge in [-0.2, -0.15) is 0 Å². The van der Waals surface area contributed by atoms with Gasteiger partial charge in [-0.3, -0.25) is 4.98 Å². The molecule has 3 rings (SSSR count). The number of thiazole rings is 2. The number of rotatable bonds is 4. The zero-order valence-corrected chi connectivity index (χ0v) is 14.3. The predicted octanol–water partition coefficient (Wildman–Crippen LogP) is 4.77. The molecule has 0 saturated carbocycles. The summed E-state index contributed by atoms with van der Waals surface area (Å²) in [7, 11) is 0. The van der Waals surface area contributed by atoms with E-state index >= 15 is 0 Å². The third kappa shape index (κ3) is 4.09. The van der Waals surface area contributed by atoms with Gasteiger partial charge in [0.15, 0.2) is 0 Å². The van der Waals surface area contributed by atoms with Gasteiger partial charge in [0.2, 0.25) is 0 Å². The van der Waals surface area contributed by atoms with Gasteiger partial charge in [-0.25, -0.2) is 9.97 Å². The molecular formula is C15H12F3N3OS2. The lowest BCUT2D eigenvalue weighted by Gasteiger charge is -2.08. The Morgan fingerprint density at radius 2 is 1.96 bits per heavy atom. The van der Waals surface area contributed by atoms with Crippen LogP contribution in [0.1, 0.15) is 21.4 Å². The molecule has 0 amide bonds. The highest BCUT2D eigenvalue weighted by Gasteiger charge is 2.31. The number of hydrogen-bond acceptors (Lipinski definition) is 6. The summed E-state index contributed by atoms with van der Waals surface area (Å²) < 4.78 is 40.2. The fraction of sp³-hybridized carbons (Fsp3) is 0.267. The van der Waals surface area contributed by atoms with Crippen molar-refractivity contribution in [3.8, 4) is 16.3 Å². The average Bonchev–Trinajstić information content (AvgIpc) is 3.06. The van der Waals surface area contributed by atoms with E-state index in [9.17, 15) is 13.2 Å². The number of ether oxygens (including phenoxy) is 1. The van der Waals surface area contributed by atoms with E-state index in [2.05, 4.69) is 19.7 Å². The van der Waals surface area contributed by atoms with Crippen molar-refractivity contribution in [1.29, 1.82) is 0 Å². The van der Waals surface area contributed by atoms with Crippen LogP contribution in [-0.4, -0.2) is 21.3 Å². The molecule has 9 heteroatoms. The van der Waals surface area contributed by atoms with Crippen LogP contribution in [0.25, 0.3) is 10.6 Å². The van der Waals surface area contributed by atoms with Crippen LogP contribution in [0, 0.1) is 13.8 Å². The second-order valence-corrected chi connectivity index (χ2v) is 7.13. The van der Waals surface area contributed by atoms with E-state index in [1.54, 1.807) is 11.3 Å². The smallest absolute Gasteiger partial charge is 0.404 e. The minimum atomic E-state index is -4.71. The van der Waals surface area contributed by atoms with E-state index in [0.29, 0.717) is 12.1 Å². The number of aromatic nitrogens is 3. The summed E-state index contributed by atoms with van der Waals surface area (Å²) in [6.07, 6.45) is -3.19. The second kappa shape index (κ2) is 6.48. The average molecular weight is 371 g/mol. The predicted molar refractivity (Wildman–Crippen MR) is 86.4 cm³/mol. The van der Waals surface area contributed by atoms with E-state index in [4.69, 9.17) is 0 Å². The Bertz CT molecular complexity index is 841. The fourth-order valence-electron chi connectivity index (χ4n) is 2.13. The number of halogens is 3. The number of alkyl halides is 3. The molecule has 126 valence electrons. The van der Waals surface area contributed by atoms with E-state index in [-0.39, 0.29) is 5.75 Å². The minimum absolute atomic E-state index is 0.332. The molecule has 0 aromatic carbocycles. The summed E-state index contributed by atoms with van der Waals surface area (Å²) in [5.74, 6) is -0.332. The molecular weight excluding hydrogens is 359 g/mol. The molecule has 0 fully saturated rings. The number of nitrogens with zero attached hydrogens (tertiary/aromatic N) is 3.